The van der Waals surface area contributed by atoms with Crippen molar-refractivity contribution in [1.82, 2.24) is 54.0 Å². The van der Waals surface area contributed by atoms with Gasteiger partial charge in [-0.15, -0.1) is 5.10 Å². The van der Waals surface area contributed by atoms with Crippen LogP contribution in [0, 0.1) is 20.8 Å². The van der Waals surface area contributed by atoms with E-state index in [2.05, 4.69) is 67.4 Å². The molecule has 0 saturated heterocycles. The minimum absolute atomic E-state index is 0.00329. The van der Waals surface area contributed by atoms with Crippen LogP contribution in [0.5, 0.6) is 5.75 Å². The number of amidine groups is 1. The van der Waals surface area contributed by atoms with Crippen LogP contribution >= 0.6 is 7.81 Å². The molecule has 7 aromatic rings. The molecule has 4 atom stereocenters. The summed E-state index contributed by atoms with van der Waals surface area (Å²) < 4.78 is 86.3. The number of ketones is 2. The van der Waals surface area contributed by atoms with E-state index in [4.69, 9.17) is 29.5 Å². The molecule has 7 heterocycles. The molecular formula is C62H90F6N13O10P. The van der Waals surface area contributed by atoms with Crippen molar-refractivity contribution in [2.24, 2.45) is 5.73 Å². The summed E-state index contributed by atoms with van der Waals surface area (Å²) in [5.41, 5.74) is 13.4. The van der Waals surface area contributed by atoms with Crippen LogP contribution in [-0.4, -0.2) is 176 Å². The van der Waals surface area contributed by atoms with Gasteiger partial charge in [0.05, 0.1) is 77.8 Å². The summed E-state index contributed by atoms with van der Waals surface area (Å²) in [7, 11) is 3.31. The summed E-state index contributed by atoms with van der Waals surface area (Å²) in [5, 5.41) is 18.8. The van der Waals surface area contributed by atoms with Gasteiger partial charge in [-0.2, -0.15) is 0 Å². The van der Waals surface area contributed by atoms with E-state index in [-0.39, 0.29) is 54.4 Å². The fraction of sp³-hybridized carbons (Fsp3) is 0.484. The molecular weight excluding hydrogens is 1230 g/mol. The monoisotopic (exact) mass is 1320 g/mol. The Kier molecular flexibility index (Phi) is 28.4. The summed E-state index contributed by atoms with van der Waals surface area (Å²) in [6.07, 6.45) is 7.89. The second-order valence-corrected chi connectivity index (χ2v) is 23.6. The molecule has 1 aliphatic carbocycles. The van der Waals surface area contributed by atoms with Crippen LogP contribution in [0.2, 0.25) is 0 Å². The number of methoxy groups -OCH3 is 4. The zero-order valence-electron chi connectivity index (χ0n) is 55.9. The number of aromatic carboxylic acids is 1. The third-order valence-corrected chi connectivity index (χ3v) is 14.8. The predicted molar refractivity (Wildman–Crippen MR) is 345 cm³/mol. The number of rotatable bonds is 18. The third-order valence-electron chi connectivity index (χ3n) is 14.8. The van der Waals surface area contributed by atoms with Crippen LogP contribution in [0.4, 0.5) is 25.2 Å². The zero-order chi connectivity index (χ0) is 69.8. The molecule has 510 valence electrons. The second-order valence-electron chi connectivity index (χ2n) is 21.7. The average molecular weight is 1320 g/mol. The van der Waals surface area contributed by atoms with Gasteiger partial charge >= 0.3 is 45.0 Å². The average Bonchev–Trinajstić information content (AvgIpc) is 1.59. The van der Waals surface area contributed by atoms with E-state index in [0.717, 1.165) is 28.0 Å². The molecule has 0 amide bonds. The van der Waals surface area contributed by atoms with Gasteiger partial charge in [0, 0.05) is 91.2 Å². The number of nitrogens with one attached hydrogen (secondary N) is 1. The molecule has 30 heteroatoms. The van der Waals surface area contributed by atoms with Crippen LogP contribution in [-0.2, 0) is 25.5 Å². The van der Waals surface area contributed by atoms with Crippen molar-refractivity contribution in [3.8, 4) is 5.75 Å². The quantitative estimate of drug-likeness (QED) is 0.0180. The van der Waals surface area contributed by atoms with Gasteiger partial charge in [-0.05, 0) is 140 Å². The number of nitrogens with zero attached hydrogens (tertiary/aromatic N) is 11. The molecule has 0 fully saturated rings. The molecule has 4 N–H and O–H groups in total. The first kappa shape index (κ1) is 78.1. The summed E-state index contributed by atoms with van der Waals surface area (Å²) >= 11 is 0. The van der Waals surface area contributed by atoms with Crippen molar-refractivity contribution in [2.75, 3.05) is 76.3 Å². The molecule has 0 aliphatic heterocycles. The normalized spacial score (nSPS) is 14.2. The van der Waals surface area contributed by atoms with Crippen molar-refractivity contribution < 1.29 is 73.0 Å². The van der Waals surface area contributed by atoms with Crippen molar-refractivity contribution in [1.29, 1.82) is 0 Å². The van der Waals surface area contributed by atoms with Crippen molar-refractivity contribution in [2.45, 2.75) is 126 Å². The molecule has 92 heavy (non-hydrogen) atoms. The number of aromatic amines is 1. The van der Waals surface area contributed by atoms with Gasteiger partial charge in [0.1, 0.15) is 28.3 Å². The topological polar surface area (TPSA) is 265 Å². The van der Waals surface area contributed by atoms with E-state index in [1.165, 1.54) is 31.6 Å². The number of nitrogens with two attached hydrogens (primary N) is 1. The number of fused-ring (bicyclic) bond motifs is 3. The van der Waals surface area contributed by atoms with Crippen molar-refractivity contribution in [3.63, 3.8) is 0 Å². The molecule has 0 bridgehead atoms. The fourth-order valence-electron chi connectivity index (χ4n) is 9.80. The third kappa shape index (κ3) is 22.3. The number of pyridine rings is 4. The van der Waals surface area contributed by atoms with Gasteiger partial charge in [0.15, 0.2) is 11.6 Å². The Labute approximate surface area is 532 Å². The number of H-pyrrole nitrogens is 1. The number of ether oxygens (including phenoxy) is 4. The summed E-state index contributed by atoms with van der Waals surface area (Å²) in [5.74, 6) is 0.233. The van der Waals surface area contributed by atoms with Crippen molar-refractivity contribution in [3.05, 3.63) is 128 Å². The molecule has 8 rings (SSSR count). The first-order chi connectivity index (χ1) is 42.9. The van der Waals surface area contributed by atoms with E-state index in [0.29, 0.717) is 80.5 Å². The van der Waals surface area contributed by atoms with Gasteiger partial charge in [-0.25, -0.2) is 29.2 Å². The summed E-state index contributed by atoms with van der Waals surface area (Å²) in [4.78, 5) is 75.3. The number of halogens is 6. The molecule has 0 aromatic carbocycles. The molecule has 1 aliphatic rings. The number of Topliss-reactive ketones (excluding diaryl/α,β-unsaturated/α-hetero) is 2. The molecule has 0 saturated carbocycles. The molecule has 7 aromatic heterocycles. The maximum atomic E-state index is 13.3. The molecule has 0 radical (unpaired) electrons. The van der Waals surface area contributed by atoms with Gasteiger partial charge < -0.3 is 48.8 Å². The molecule has 23 nitrogen and oxygen atoms in total. The Morgan fingerprint density at radius 1 is 0.761 bits per heavy atom. The molecule has 0 spiro atoms. The number of carbonyl (C=O) groups excluding carboxylic acids is 2. The van der Waals surface area contributed by atoms with E-state index in [1.807, 2.05) is 114 Å². The van der Waals surface area contributed by atoms with Gasteiger partial charge in [-0.3, -0.25) is 19.2 Å². The predicted octanol–water partition coefficient (Wildman–Crippen LogP) is 11.7. The van der Waals surface area contributed by atoms with Gasteiger partial charge in [-0.1, -0.05) is 26.3 Å². The maximum absolute atomic E-state index is 13.3. The number of hydrogen-bond acceptors (Lipinski definition) is 16. The van der Waals surface area contributed by atoms with Crippen LogP contribution in [0.15, 0.2) is 88.8 Å². The van der Waals surface area contributed by atoms with Crippen LogP contribution in [0.3, 0.4) is 0 Å². The number of allylic oxidation sites excluding steroid dienone is 3. The van der Waals surface area contributed by atoms with E-state index in [9.17, 15) is 49.5 Å². The second kappa shape index (κ2) is 33.5. The number of carbonyl (C=O) groups is 3. The van der Waals surface area contributed by atoms with Crippen LogP contribution in [0.1, 0.15) is 130 Å². The van der Waals surface area contributed by atoms with Crippen LogP contribution < -0.4 is 20.9 Å². The van der Waals surface area contributed by atoms with Gasteiger partial charge in [0.2, 0.25) is 5.65 Å². The number of carboxylic acids is 1. The molecule has 4 unspecified atom stereocenters. The zero-order valence-corrected chi connectivity index (χ0v) is 56.8. The van der Waals surface area contributed by atoms with E-state index in [1.54, 1.807) is 65.0 Å². The Balaban J connectivity index is 0.000000311. The van der Waals surface area contributed by atoms with E-state index < -0.39 is 13.8 Å². The first-order valence-electron chi connectivity index (χ1n) is 29.4. The first-order valence-corrected chi connectivity index (χ1v) is 31.4. The minimum atomic E-state index is -10.7. The Morgan fingerprint density at radius 2 is 1.24 bits per heavy atom. The standard InChI is InChI=1S/C24H30N2O4.C14H18N2O3.C10H15N6O.C8H12N2O2.C6H15N.F6P/c1-14-12-21(28)18(22(13-14)30-6)9-10-20(27)23-16(3)26(15(2)17(4)29-5)24-19(23)8-7-11-25-24;1-8(10(3)19-4)16-9(2)12(14(17)18)11-6-5-7-15-13(11)16;1-14(2)10(15(3)4)17-16-9-8(12-13-16)6-5-7-11-9;1-5-3-7(12-2)6(4-9)8(11)10-5;1-4-7(5-2)6-3;1-7(2,3,4,5)6/h7-8,11,13,15,17H,9-10,12H2,1-6H3;5-8,10H,1-4H3,(H,17,18);5-7H,1-4H3;3H,4,9H2,1-2H3,(H,10,11);4-6H2,1-3H3;/q;;+1;;;-1. The SMILES string of the molecule is CCN(CC)CC.CN(C)C(On1nnc2cccnc21)=[N+](C)C.COC(C)C(C)n1c(C)c(C(=O)O)c2cccnc21.COC1=C(CCC(=O)c2c(C)n(C(C)C(C)OC)c3ncccc23)C(=O)CC(C)=C1.COc1cc(C)[nH]c(=O)c1CN.F[P-](F)(F)(F)(F)F. The number of aromatic nitrogens is 9. The number of carboxylic acid groups (broad SMARTS) is 1. The summed E-state index contributed by atoms with van der Waals surface area (Å²) in [6.45, 7) is 25.8. The van der Waals surface area contributed by atoms with E-state index >= 15 is 0 Å². The fourth-order valence-corrected chi connectivity index (χ4v) is 9.80. The van der Waals surface area contributed by atoms with Gasteiger partial charge in [0.25, 0.3) is 5.56 Å². The number of aryl methyl sites for hydroxylation is 1. The Morgan fingerprint density at radius 3 is 1.66 bits per heavy atom. The Hall–Kier alpha value is -8.11. The Bertz CT molecular complexity index is 3780. The van der Waals surface area contributed by atoms with Crippen LogP contribution in [0.25, 0.3) is 33.2 Å². The number of hydrogen-bond donors (Lipinski definition) is 3. The summed E-state index contributed by atoms with van der Waals surface area (Å²) in [6, 6.07) is 13.4. The van der Waals surface area contributed by atoms with Crippen molar-refractivity contribution >= 4 is 64.6 Å².